The first kappa shape index (κ1) is 73.0. The number of rotatable bonds is 24. The normalized spacial score (nSPS) is 21.5. The molecule has 33 heteroatoms. The van der Waals surface area contributed by atoms with Crippen LogP contribution in [0, 0.1) is 0 Å². The fourth-order valence-electron chi connectivity index (χ4n) is 10.7. The molecule has 2 aliphatic heterocycles. The van der Waals surface area contributed by atoms with E-state index in [1.165, 1.54) is 12.5 Å². The number of carbonyl (C=O) groups excluding carboxylic acids is 12. The van der Waals surface area contributed by atoms with Crippen LogP contribution in [0.1, 0.15) is 101 Å². The van der Waals surface area contributed by atoms with Crippen molar-refractivity contribution >= 4 is 87.8 Å². The van der Waals surface area contributed by atoms with Crippen LogP contribution in [0.3, 0.4) is 0 Å². The summed E-state index contributed by atoms with van der Waals surface area (Å²) < 4.78 is 0. The van der Waals surface area contributed by atoms with Crippen LogP contribution in [0.25, 0.3) is 10.9 Å². The molecule has 1 unspecified atom stereocenters. The van der Waals surface area contributed by atoms with Crippen molar-refractivity contribution in [3.8, 4) is 0 Å². The number of imidazole rings is 1. The number of carbonyl (C=O) groups is 12. The molecule has 4 aromatic rings. The molecule has 2 fully saturated rings. The second kappa shape index (κ2) is 36.9. The minimum absolute atomic E-state index is 0.00560. The number of nitrogens with one attached hydrogen (secondary N) is 12. The van der Waals surface area contributed by atoms with E-state index in [0.29, 0.717) is 29.7 Å². The lowest BCUT2D eigenvalue weighted by Gasteiger charge is -2.31. The Morgan fingerprint density at radius 3 is 2.18 bits per heavy atom. The molecule has 0 radical (unpaired) electrons. The van der Waals surface area contributed by atoms with E-state index >= 15 is 4.79 Å². The minimum atomic E-state index is -1.65. The van der Waals surface area contributed by atoms with Gasteiger partial charge in [0.1, 0.15) is 54.4 Å². The molecule has 2 aromatic heterocycles. The lowest BCUT2D eigenvalue weighted by atomic mass is 10.0. The van der Waals surface area contributed by atoms with Gasteiger partial charge in [0.25, 0.3) is 0 Å². The lowest BCUT2D eigenvalue weighted by Crippen LogP contribution is -2.60. The third-order valence-corrected chi connectivity index (χ3v) is 15.6. The number of aliphatic imine (C=N–C) groups is 1. The summed E-state index contributed by atoms with van der Waals surface area (Å²) in [7, 11) is 0. The Morgan fingerprint density at radius 2 is 1.48 bits per heavy atom. The van der Waals surface area contributed by atoms with Gasteiger partial charge in [0.05, 0.1) is 25.6 Å². The fourth-order valence-corrected chi connectivity index (χ4v) is 10.7. The Morgan fingerprint density at radius 1 is 0.777 bits per heavy atom. The molecule has 11 amide bonds. The van der Waals surface area contributed by atoms with Crippen molar-refractivity contribution in [1.29, 1.82) is 0 Å². The van der Waals surface area contributed by atoms with Crippen molar-refractivity contribution in [1.82, 2.24) is 73.2 Å². The number of benzene rings is 2. The molecule has 10 atom stereocenters. The number of aromatic nitrogens is 3. The van der Waals surface area contributed by atoms with E-state index in [4.69, 9.17) is 22.0 Å². The summed E-state index contributed by atoms with van der Waals surface area (Å²) >= 11 is 0. The Kier molecular flexibility index (Phi) is 28.7. The topological polar surface area (TPSA) is 513 Å². The van der Waals surface area contributed by atoms with E-state index in [-0.39, 0.29) is 83.3 Å². The molecule has 0 aliphatic carbocycles. The number of primary amides is 1. The summed E-state index contributed by atoms with van der Waals surface area (Å²) in [5.41, 5.74) is 21.9. The highest BCUT2D eigenvalue weighted by molar-refractivity contribution is 5.99. The maximum Gasteiger partial charge on any atom is 0.324 e. The number of hydrogen-bond donors (Lipinski definition) is 17. The molecule has 4 heterocycles. The fraction of sp³-hybridized carbons (Fsp3) is 0.508. The molecule has 0 bridgehead atoms. The van der Waals surface area contributed by atoms with Crippen LogP contribution < -0.4 is 70.5 Å². The highest BCUT2D eigenvalue weighted by atomic mass is 16.7. The van der Waals surface area contributed by atoms with Gasteiger partial charge < -0.3 is 95.0 Å². The number of aliphatic hydroxyl groups excluding tert-OH is 2. The highest BCUT2D eigenvalue weighted by Gasteiger charge is 2.44. The summed E-state index contributed by atoms with van der Waals surface area (Å²) in [6.07, 6.45) is 2.63. The third-order valence-electron chi connectivity index (χ3n) is 15.6. The number of aliphatic hydroxyl groups is 2. The number of para-hydroxylation sites is 1. The standard InChI is InChI=1S/C61H86N18O15/c1-3-4-16-42(72-50(83)30-68-53(86)47(26-37-29-65-33-69-37)77-58(91)48(32-80)71-34(2)81)54(87)75-44-20-21-51(84)94-70-23-11-10-18-41(52(62)85)73-57(90)46(25-36-28-67-40-17-9-8-15-39(36)40)76-55(88)43(19-12-22-66-61(63)64)74-56(89)45(24-35-13-6-5-7-14-35)78-59(92)49-27-38(82)31-79(49)60(44)93/h5-9,13-15,17,28-29,33,38,41-49,67,70,80,82H,3-4,10-12,16,18-27,30-32H2,1-2H3,(H2,62,85)(H,65,69)(H,68,86)(H,71,81)(H,72,83)(H,73,90)(H,74,89)(H,75,87)(H,76,88)(H,77,91)(H,78,92)(H4,63,64,66)/t38?,41-,42-,43-,44-,45+,46-,47-,48-,49-/m0/s1. The van der Waals surface area contributed by atoms with Gasteiger partial charge in [-0.15, -0.1) is 0 Å². The number of unbranched alkanes of at least 4 members (excludes halogenated alkanes) is 1. The first-order valence-electron chi connectivity index (χ1n) is 31.1. The molecule has 6 rings (SSSR count). The van der Waals surface area contributed by atoms with Crippen molar-refractivity contribution in [2.45, 2.75) is 164 Å². The monoisotopic (exact) mass is 1310 g/mol. The van der Waals surface area contributed by atoms with Gasteiger partial charge in [0.15, 0.2) is 5.96 Å². The van der Waals surface area contributed by atoms with Gasteiger partial charge in [-0.2, -0.15) is 5.48 Å². The number of fused-ring (bicyclic) bond motifs is 2. The van der Waals surface area contributed by atoms with Crippen molar-refractivity contribution < 1.29 is 72.6 Å². The second-order valence-electron chi connectivity index (χ2n) is 23.0. The van der Waals surface area contributed by atoms with Crippen molar-refractivity contribution in [2.24, 2.45) is 22.2 Å². The molecule has 94 heavy (non-hydrogen) atoms. The van der Waals surface area contributed by atoms with Gasteiger partial charge in [0, 0.05) is 87.7 Å². The van der Waals surface area contributed by atoms with E-state index in [1.54, 1.807) is 42.6 Å². The second-order valence-corrected chi connectivity index (χ2v) is 23.0. The molecule has 2 aliphatic rings. The summed E-state index contributed by atoms with van der Waals surface area (Å²) in [4.78, 5) is 187. The lowest BCUT2D eigenvalue weighted by molar-refractivity contribution is -0.152. The van der Waals surface area contributed by atoms with Crippen LogP contribution in [0.2, 0.25) is 0 Å². The SMILES string of the molecule is CCCC[C@H](NC(=O)CNC(=O)[C@H](Cc1cnc[nH]1)NC(=O)[C@H](CO)NC(C)=O)C(=O)N[C@H]1CCC(=O)ONCCCC[C@@H](C(N)=O)NC(=O)[C@H](Cc2c[nH]c3ccccc23)NC(=O)[C@H](CCCN=C(N)N)NC(=O)[C@@H](Cc2ccccc2)NC(=O)[C@@H]2CC(O)CN2C1=O. The van der Waals surface area contributed by atoms with Gasteiger partial charge in [-0.25, -0.2) is 4.98 Å². The highest BCUT2D eigenvalue weighted by Crippen LogP contribution is 2.23. The molecule has 0 spiro atoms. The van der Waals surface area contributed by atoms with Crippen LogP contribution in [-0.2, 0) is 81.6 Å². The number of nitrogens with two attached hydrogens (primary N) is 3. The van der Waals surface area contributed by atoms with Crippen LogP contribution in [0.15, 0.2) is 78.3 Å². The number of guanidine groups is 1. The van der Waals surface area contributed by atoms with Crippen LogP contribution in [-0.4, -0.2) is 200 Å². The summed E-state index contributed by atoms with van der Waals surface area (Å²) in [6.45, 7) is 0.976. The molecule has 510 valence electrons. The molecular weight excluding hydrogens is 1220 g/mol. The molecule has 2 aromatic carbocycles. The summed E-state index contributed by atoms with van der Waals surface area (Å²) in [5.74, 6) is -10.7. The molecule has 33 nitrogen and oxygen atoms in total. The van der Waals surface area contributed by atoms with E-state index in [0.717, 1.165) is 22.7 Å². The average molecular weight is 1310 g/mol. The summed E-state index contributed by atoms with van der Waals surface area (Å²) in [5, 5.41) is 44.9. The Balaban J connectivity index is 1.28. The van der Waals surface area contributed by atoms with Gasteiger partial charge in [0.2, 0.25) is 65.0 Å². The summed E-state index contributed by atoms with van der Waals surface area (Å²) in [6, 6.07) is 2.86. The van der Waals surface area contributed by atoms with E-state index in [9.17, 15) is 63.0 Å². The zero-order chi connectivity index (χ0) is 68.3. The molecule has 20 N–H and O–H groups in total. The van der Waals surface area contributed by atoms with E-state index < -0.39 is 164 Å². The van der Waals surface area contributed by atoms with Crippen LogP contribution in [0.5, 0.6) is 0 Å². The van der Waals surface area contributed by atoms with Crippen LogP contribution >= 0.6 is 0 Å². The number of hydroxylamine groups is 1. The molecule has 0 saturated carbocycles. The van der Waals surface area contributed by atoms with Crippen molar-refractivity contribution in [3.63, 3.8) is 0 Å². The maximum absolute atomic E-state index is 15.0. The number of amides is 11. The largest absolute Gasteiger partial charge is 0.394 e. The van der Waals surface area contributed by atoms with Gasteiger partial charge >= 0.3 is 5.97 Å². The quantitative estimate of drug-likeness (QED) is 0.0179. The van der Waals surface area contributed by atoms with E-state index in [2.05, 4.69) is 73.3 Å². The number of nitrogens with zero attached hydrogens (tertiary/aromatic N) is 3. The number of aromatic amines is 2. The van der Waals surface area contributed by atoms with Gasteiger partial charge in [-0.05, 0) is 62.1 Å². The maximum atomic E-state index is 15.0. The molecule has 2 saturated heterocycles. The molecular formula is C61H86N18O15. The zero-order valence-electron chi connectivity index (χ0n) is 52.4. The number of H-pyrrole nitrogens is 2. The predicted octanol–water partition coefficient (Wildman–Crippen LogP) is -4.37. The average Bonchev–Trinajstić information content (AvgIpc) is 1.67. The van der Waals surface area contributed by atoms with Gasteiger partial charge in [-0.1, -0.05) is 68.3 Å². The van der Waals surface area contributed by atoms with Crippen molar-refractivity contribution in [2.75, 3.05) is 32.8 Å². The smallest absolute Gasteiger partial charge is 0.324 e. The van der Waals surface area contributed by atoms with Gasteiger partial charge in [-0.3, -0.25) is 62.5 Å². The Hall–Kier alpha value is -10.0. The number of hydrogen-bond acceptors (Lipinski definition) is 18. The Bertz CT molecular complexity index is 3290. The zero-order valence-corrected chi connectivity index (χ0v) is 52.4. The van der Waals surface area contributed by atoms with Crippen LogP contribution in [0.4, 0.5) is 0 Å². The van der Waals surface area contributed by atoms with Crippen molar-refractivity contribution in [3.05, 3.63) is 90.1 Å². The first-order chi connectivity index (χ1) is 45.0. The first-order valence-corrected chi connectivity index (χ1v) is 31.1. The predicted molar refractivity (Wildman–Crippen MR) is 338 cm³/mol. The van der Waals surface area contributed by atoms with E-state index in [1.807, 2.05) is 25.1 Å². The minimum Gasteiger partial charge on any atom is -0.394 e. The third kappa shape index (κ3) is 23.0. The Labute approximate surface area is 541 Å².